The zero-order valence-corrected chi connectivity index (χ0v) is 12.3. The van der Waals surface area contributed by atoms with E-state index in [1.165, 1.54) is 30.3 Å². The van der Waals surface area contributed by atoms with Crippen LogP contribution in [0.4, 0.5) is 8.78 Å². The molecule has 116 valence electrons. The Morgan fingerprint density at radius 1 is 0.826 bits per heavy atom. The van der Waals surface area contributed by atoms with Crippen LogP contribution in [0.25, 0.3) is 0 Å². The molecule has 0 aliphatic rings. The van der Waals surface area contributed by atoms with E-state index in [1.807, 2.05) is 0 Å². The van der Waals surface area contributed by atoms with Crippen molar-refractivity contribution >= 4 is 0 Å². The average Bonchev–Trinajstić information content (AvgIpc) is 2.56. The van der Waals surface area contributed by atoms with Gasteiger partial charge < -0.3 is 4.57 Å². The number of hydrogen-bond donors (Lipinski definition) is 0. The number of benzene rings is 2. The fourth-order valence-corrected chi connectivity index (χ4v) is 2.60. The zero-order valence-electron chi connectivity index (χ0n) is 12.3. The Hall–Kier alpha value is -2.75. The molecule has 23 heavy (non-hydrogen) atoms. The summed E-state index contributed by atoms with van der Waals surface area (Å²) in [7, 11) is 0. The van der Waals surface area contributed by atoms with Crippen molar-refractivity contribution in [1.82, 2.24) is 4.57 Å². The Bertz CT molecular complexity index is 838. The summed E-state index contributed by atoms with van der Waals surface area (Å²) in [6.07, 6.45) is 2.22. The van der Waals surface area contributed by atoms with Crippen LogP contribution in [0.5, 0.6) is 0 Å². The predicted molar refractivity (Wildman–Crippen MR) is 85.3 cm³/mol. The van der Waals surface area contributed by atoms with E-state index >= 15 is 0 Å². The topological polar surface area (TPSA) is 22.0 Å². The molecule has 0 spiro atoms. The number of pyridine rings is 1. The van der Waals surface area contributed by atoms with Gasteiger partial charge in [-0.05, 0) is 47.9 Å². The number of nitrogens with zero attached hydrogens (tertiary/aromatic N) is 1. The summed E-state index contributed by atoms with van der Waals surface area (Å²) >= 11 is 0. The predicted octanol–water partition coefficient (Wildman–Crippen LogP) is 3.96. The Balaban J connectivity index is 2.03. The van der Waals surface area contributed by atoms with Gasteiger partial charge in [0.2, 0.25) is 0 Å². The molecule has 1 heterocycles. The molecule has 0 aliphatic heterocycles. The molecule has 0 amide bonds. The molecule has 2 nitrogen and oxygen atoms in total. The maximum absolute atomic E-state index is 13.2. The summed E-state index contributed by atoms with van der Waals surface area (Å²) in [5.41, 5.74) is 1.59. The minimum Gasteiger partial charge on any atom is -0.308 e. The fraction of sp³-hybridized carbons (Fsp3) is 0.105. The van der Waals surface area contributed by atoms with Gasteiger partial charge in [0.25, 0.3) is 5.56 Å². The van der Waals surface area contributed by atoms with Crippen LogP contribution in [0.1, 0.15) is 17.2 Å². The van der Waals surface area contributed by atoms with Crippen molar-refractivity contribution in [3.05, 3.63) is 106 Å². The van der Waals surface area contributed by atoms with E-state index in [-0.39, 0.29) is 23.2 Å². The summed E-state index contributed by atoms with van der Waals surface area (Å²) < 4.78 is 27.9. The average molecular weight is 311 g/mol. The van der Waals surface area contributed by atoms with Crippen molar-refractivity contribution in [2.75, 3.05) is 0 Å². The maximum atomic E-state index is 13.2. The second kappa shape index (κ2) is 6.57. The number of aromatic nitrogens is 1. The van der Waals surface area contributed by atoms with E-state index in [4.69, 9.17) is 0 Å². The summed E-state index contributed by atoms with van der Waals surface area (Å²) in [5, 5.41) is 0. The molecule has 0 aliphatic carbocycles. The lowest BCUT2D eigenvalue weighted by atomic mass is 9.98. The SMILES string of the molecule is O=c1ccccn1C(Cc1ccc(F)cc1)c1ccc(F)cc1. The molecular formula is C19H15F2NO. The van der Waals surface area contributed by atoms with Gasteiger partial charge in [-0.15, -0.1) is 0 Å². The van der Waals surface area contributed by atoms with Crippen molar-refractivity contribution < 1.29 is 8.78 Å². The molecule has 0 bridgehead atoms. The van der Waals surface area contributed by atoms with E-state index in [0.717, 1.165) is 11.1 Å². The number of halogens is 2. The molecule has 1 aromatic heterocycles. The molecule has 2 aromatic carbocycles. The van der Waals surface area contributed by atoms with Gasteiger partial charge in [-0.3, -0.25) is 4.79 Å². The summed E-state index contributed by atoms with van der Waals surface area (Å²) in [4.78, 5) is 12.2. The van der Waals surface area contributed by atoms with E-state index < -0.39 is 0 Å². The van der Waals surface area contributed by atoms with Crippen molar-refractivity contribution in [1.29, 1.82) is 0 Å². The molecule has 0 saturated heterocycles. The monoisotopic (exact) mass is 311 g/mol. The molecule has 0 N–H and O–H groups in total. The highest BCUT2D eigenvalue weighted by Gasteiger charge is 2.15. The van der Waals surface area contributed by atoms with Gasteiger partial charge in [-0.1, -0.05) is 30.3 Å². The van der Waals surface area contributed by atoms with Crippen LogP contribution in [0, 0.1) is 11.6 Å². The lowest BCUT2D eigenvalue weighted by molar-refractivity contribution is 0.557. The van der Waals surface area contributed by atoms with E-state index in [1.54, 1.807) is 47.2 Å². The van der Waals surface area contributed by atoms with Crippen LogP contribution < -0.4 is 5.56 Å². The Morgan fingerprint density at radius 2 is 1.43 bits per heavy atom. The van der Waals surface area contributed by atoms with Crippen LogP contribution >= 0.6 is 0 Å². The second-order valence-electron chi connectivity index (χ2n) is 5.34. The van der Waals surface area contributed by atoms with Gasteiger partial charge >= 0.3 is 0 Å². The Kier molecular flexibility index (Phi) is 4.33. The van der Waals surface area contributed by atoms with E-state index in [0.29, 0.717) is 6.42 Å². The summed E-state index contributed by atoms with van der Waals surface area (Å²) in [6.45, 7) is 0. The van der Waals surface area contributed by atoms with Gasteiger partial charge in [-0.2, -0.15) is 0 Å². The van der Waals surface area contributed by atoms with Crippen molar-refractivity contribution in [3.63, 3.8) is 0 Å². The lowest BCUT2D eigenvalue weighted by Gasteiger charge is -2.20. The van der Waals surface area contributed by atoms with Gasteiger partial charge in [0.05, 0.1) is 6.04 Å². The number of hydrogen-bond acceptors (Lipinski definition) is 1. The standard InChI is InChI=1S/C19H15F2NO/c20-16-8-4-14(5-9-16)13-18(15-6-10-17(21)11-7-15)22-12-2-1-3-19(22)23/h1-12,18H,13H2. The van der Waals surface area contributed by atoms with Crippen molar-refractivity contribution in [3.8, 4) is 0 Å². The van der Waals surface area contributed by atoms with Crippen molar-refractivity contribution in [2.24, 2.45) is 0 Å². The molecule has 1 atom stereocenters. The van der Waals surface area contributed by atoms with Crippen LogP contribution in [-0.2, 0) is 6.42 Å². The summed E-state index contributed by atoms with van der Waals surface area (Å²) in [5.74, 6) is -0.626. The largest absolute Gasteiger partial charge is 0.308 e. The maximum Gasteiger partial charge on any atom is 0.251 e. The molecule has 3 aromatic rings. The normalized spacial score (nSPS) is 12.1. The first kappa shape index (κ1) is 15.2. The third kappa shape index (κ3) is 3.54. The second-order valence-corrected chi connectivity index (χ2v) is 5.34. The molecule has 0 saturated carbocycles. The highest BCUT2D eigenvalue weighted by atomic mass is 19.1. The van der Waals surface area contributed by atoms with Gasteiger partial charge in [0.1, 0.15) is 11.6 Å². The minimum atomic E-state index is -0.324. The van der Waals surface area contributed by atoms with Crippen LogP contribution in [0.15, 0.2) is 77.7 Å². The minimum absolute atomic E-state index is 0.135. The third-order valence-corrected chi connectivity index (χ3v) is 3.78. The summed E-state index contributed by atoms with van der Waals surface area (Å²) in [6, 6.07) is 16.9. The molecule has 0 radical (unpaired) electrons. The molecular weight excluding hydrogens is 296 g/mol. The quantitative estimate of drug-likeness (QED) is 0.715. The molecule has 3 rings (SSSR count). The van der Waals surface area contributed by atoms with Gasteiger partial charge in [0.15, 0.2) is 0 Å². The molecule has 1 unspecified atom stereocenters. The molecule has 4 heteroatoms. The van der Waals surface area contributed by atoms with E-state index in [2.05, 4.69) is 0 Å². The zero-order chi connectivity index (χ0) is 16.2. The first-order valence-corrected chi connectivity index (χ1v) is 7.30. The Morgan fingerprint density at radius 3 is 2.04 bits per heavy atom. The smallest absolute Gasteiger partial charge is 0.251 e. The first-order chi connectivity index (χ1) is 11.1. The highest BCUT2D eigenvalue weighted by molar-refractivity contribution is 5.25. The van der Waals surface area contributed by atoms with Crippen LogP contribution in [-0.4, -0.2) is 4.57 Å². The first-order valence-electron chi connectivity index (χ1n) is 7.30. The third-order valence-electron chi connectivity index (χ3n) is 3.78. The number of rotatable bonds is 4. The van der Waals surface area contributed by atoms with E-state index in [9.17, 15) is 13.6 Å². The van der Waals surface area contributed by atoms with Crippen LogP contribution in [0.3, 0.4) is 0 Å². The van der Waals surface area contributed by atoms with Gasteiger partial charge in [0, 0.05) is 12.3 Å². The highest BCUT2D eigenvalue weighted by Crippen LogP contribution is 2.22. The van der Waals surface area contributed by atoms with Gasteiger partial charge in [-0.25, -0.2) is 8.78 Å². The van der Waals surface area contributed by atoms with Crippen LogP contribution in [0.2, 0.25) is 0 Å². The van der Waals surface area contributed by atoms with Crippen molar-refractivity contribution in [2.45, 2.75) is 12.5 Å². The lowest BCUT2D eigenvalue weighted by Crippen LogP contribution is -2.25. The Labute approximate surface area is 132 Å². The molecule has 0 fully saturated rings. The fourth-order valence-electron chi connectivity index (χ4n) is 2.60.